The van der Waals surface area contributed by atoms with Crippen LogP contribution in [0.1, 0.15) is 17.3 Å². The maximum Gasteiger partial charge on any atom is 0.0944 e. The molecule has 0 bridgehead atoms. The minimum Gasteiger partial charge on any atom is -0.368 e. The summed E-state index contributed by atoms with van der Waals surface area (Å²) in [5.74, 6) is 0. The Kier molecular flexibility index (Phi) is 2.60. The number of benzene rings is 1. The lowest BCUT2D eigenvalue weighted by Crippen LogP contribution is -2.32. The number of nitrogens with zero attached hydrogens (tertiary/aromatic N) is 4. The maximum absolute atomic E-state index is 5.91. The van der Waals surface area contributed by atoms with Crippen LogP contribution in [0.5, 0.6) is 0 Å². The van der Waals surface area contributed by atoms with E-state index in [0.717, 1.165) is 25.3 Å². The normalized spacial score (nSPS) is 26.1. The standard InChI is InChI=1S/C14H16N4O/c1-2-4-11(5-3-1)7-17-8-13-14(9-17)19-10-12-6-15-16-18(12)13/h1-6,13-14H,7-10H2/t13-,14?/m1/s1. The van der Waals surface area contributed by atoms with Gasteiger partial charge >= 0.3 is 0 Å². The Labute approximate surface area is 111 Å². The molecule has 2 aliphatic rings. The molecule has 1 aromatic heterocycles. The van der Waals surface area contributed by atoms with Gasteiger partial charge in [0.2, 0.25) is 0 Å². The quantitative estimate of drug-likeness (QED) is 0.810. The van der Waals surface area contributed by atoms with Gasteiger partial charge in [-0.2, -0.15) is 0 Å². The SMILES string of the molecule is c1ccc(CN2CC3OCc4cnnn4[C@@H]3C2)cc1. The topological polar surface area (TPSA) is 43.2 Å². The zero-order valence-electron chi connectivity index (χ0n) is 10.6. The highest BCUT2D eigenvalue weighted by molar-refractivity contribution is 5.15. The van der Waals surface area contributed by atoms with E-state index in [0.29, 0.717) is 12.6 Å². The number of hydrogen-bond donors (Lipinski definition) is 0. The molecule has 2 aromatic rings. The highest BCUT2D eigenvalue weighted by Gasteiger charge is 2.39. The molecule has 0 N–H and O–H groups in total. The van der Waals surface area contributed by atoms with Gasteiger partial charge in [-0.15, -0.1) is 5.10 Å². The van der Waals surface area contributed by atoms with E-state index < -0.39 is 0 Å². The van der Waals surface area contributed by atoms with E-state index in [4.69, 9.17) is 4.74 Å². The van der Waals surface area contributed by atoms with Crippen LogP contribution >= 0.6 is 0 Å². The molecule has 4 rings (SSSR count). The Morgan fingerprint density at radius 3 is 3.00 bits per heavy atom. The second kappa shape index (κ2) is 4.43. The monoisotopic (exact) mass is 256 g/mol. The van der Waals surface area contributed by atoms with E-state index >= 15 is 0 Å². The van der Waals surface area contributed by atoms with Gasteiger partial charge in [-0.3, -0.25) is 4.90 Å². The molecule has 1 aromatic carbocycles. The number of fused-ring (bicyclic) bond motifs is 3. The van der Waals surface area contributed by atoms with Crippen molar-refractivity contribution in [2.24, 2.45) is 0 Å². The van der Waals surface area contributed by atoms with Crippen molar-refractivity contribution in [2.45, 2.75) is 25.3 Å². The van der Waals surface area contributed by atoms with E-state index in [1.54, 1.807) is 6.20 Å². The Hall–Kier alpha value is -1.72. The van der Waals surface area contributed by atoms with Gasteiger partial charge in [-0.1, -0.05) is 35.5 Å². The molecule has 3 heterocycles. The molecule has 19 heavy (non-hydrogen) atoms. The van der Waals surface area contributed by atoms with Crippen molar-refractivity contribution in [3.8, 4) is 0 Å². The third kappa shape index (κ3) is 1.95. The van der Waals surface area contributed by atoms with Gasteiger partial charge in [0, 0.05) is 19.6 Å². The Bertz CT molecular complexity index is 568. The van der Waals surface area contributed by atoms with Crippen molar-refractivity contribution in [1.29, 1.82) is 0 Å². The molecule has 5 nitrogen and oxygen atoms in total. The molecule has 0 saturated carbocycles. The predicted octanol–water partition coefficient (Wildman–Crippen LogP) is 1.23. The summed E-state index contributed by atoms with van der Waals surface area (Å²) in [6, 6.07) is 10.9. The minimum absolute atomic E-state index is 0.248. The van der Waals surface area contributed by atoms with E-state index in [2.05, 4.69) is 45.5 Å². The molecule has 0 radical (unpaired) electrons. The second-order valence-corrected chi connectivity index (χ2v) is 5.27. The van der Waals surface area contributed by atoms with Crippen LogP contribution in [-0.4, -0.2) is 39.1 Å². The van der Waals surface area contributed by atoms with E-state index in [9.17, 15) is 0 Å². The average molecular weight is 256 g/mol. The largest absolute Gasteiger partial charge is 0.368 e. The zero-order valence-corrected chi connectivity index (χ0v) is 10.6. The Morgan fingerprint density at radius 1 is 1.21 bits per heavy atom. The predicted molar refractivity (Wildman–Crippen MR) is 69.4 cm³/mol. The summed E-state index contributed by atoms with van der Waals surface area (Å²) in [4.78, 5) is 2.43. The van der Waals surface area contributed by atoms with Crippen molar-refractivity contribution in [3.05, 3.63) is 47.8 Å². The van der Waals surface area contributed by atoms with Crippen LogP contribution in [0.4, 0.5) is 0 Å². The van der Waals surface area contributed by atoms with Crippen LogP contribution in [-0.2, 0) is 17.9 Å². The average Bonchev–Trinajstić information content (AvgIpc) is 3.04. The summed E-state index contributed by atoms with van der Waals surface area (Å²) in [5.41, 5.74) is 2.43. The lowest BCUT2D eigenvalue weighted by Gasteiger charge is -2.25. The van der Waals surface area contributed by atoms with Crippen LogP contribution in [0.3, 0.4) is 0 Å². The summed E-state index contributed by atoms with van der Waals surface area (Å²) in [7, 11) is 0. The molecule has 1 unspecified atom stereocenters. The highest BCUT2D eigenvalue weighted by Crippen LogP contribution is 2.30. The van der Waals surface area contributed by atoms with Crippen molar-refractivity contribution in [2.75, 3.05) is 13.1 Å². The third-order valence-electron chi connectivity index (χ3n) is 3.97. The van der Waals surface area contributed by atoms with E-state index in [-0.39, 0.29) is 6.10 Å². The number of likely N-dealkylation sites (tertiary alicyclic amines) is 1. The molecule has 2 atom stereocenters. The van der Waals surface area contributed by atoms with E-state index in [1.807, 2.05) is 4.68 Å². The van der Waals surface area contributed by atoms with Crippen LogP contribution in [0, 0.1) is 0 Å². The first kappa shape index (κ1) is 11.1. The maximum atomic E-state index is 5.91. The smallest absolute Gasteiger partial charge is 0.0944 e. The third-order valence-corrected chi connectivity index (χ3v) is 3.97. The highest BCUT2D eigenvalue weighted by atomic mass is 16.5. The Morgan fingerprint density at radius 2 is 2.11 bits per heavy atom. The number of rotatable bonds is 2. The van der Waals surface area contributed by atoms with Crippen molar-refractivity contribution < 1.29 is 4.74 Å². The molecule has 1 saturated heterocycles. The van der Waals surface area contributed by atoms with Gasteiger partial charge in [-0.25, -0.2) is 4.68 Å². The summed E-state index contributed by atoms with van der Waals surface area (Å²) < 4.78 is 7.95. The minimum atomic E-state index is 0.248. The summed E-state index contributed by atoms with van der Waals surface area (Å²) in [5, 5.41) is 8.19. The first-order valence-electron chi connectivity index (χ1n) is 6.67. The summed E-state index contributed by atoms with van der Waals surface area (Å²) in [6.07, 6.45) is 2.05. The molecular weight excluding hydrogens is 240 g/mol. The number of aromatic nitrogens is 3. The van der Waals surface area contributed by atoms with Gasteiger partial charge in [0.05, 0.1) is 30.6 Å². The molecule has 0 amide bonds. The van der Waals surface area contributed by atoms with Crippen molar-refractivity contribution in [1.82, 2.24) is 19.9 Å². The first-order chi connectivity index (χ1) is 9.40. The van der Waals surface area contributed by atoms with Crippen LogP contribution in [0.2, 0.25) is 0 Å². The van der Waals surface area contributed by atoms with Gasteiger partial charge < -0.3 is 4.74 Å². The lowest BCUT2D eigenvalue weighted by molar-refractivity contribution is -0.00521. The van der Waals surface area contributed by atoms with Gasteiger partial charge in [0.15, 0.2) is 0 Å². The number of ether oxygens (including phenoxy) is 1. The second-order valence-electron chi connectivity index (χ2n) is 5.27. The molecule has 5 heteroatoms. The fraction of sp³-hybridized carbons (Fsp3) is 0.429. The van der Waals surface area contributed by atoms with Crippen molar-refractivity contribution in [3.63, 3.8) is 0 Å². The zero-order chi connectivity index (χ0) is 12.7. The van der Waals surface area contributed by atoms with Crippen LogP contribution in [0.25, 0.3) is 0 Å². The molecule has 1 fully saturated rings. The van der Waals surface area contributed by atoms with Gasteiger partial charge in [-0.05, 0) is 5.56 Å². The van der Waals surface area contributed by atoms with Crippen molar-refractivity contribution >= 4 is 0 Å². The molecule has 2 aliphatic heterocycles. The van der Waals surface area contributed by atoms with Gasteiger partial charge in [0.25, 0.3) is 0 Å². The molecular formula is C14H16N4O. The molecule has 98 valence electrons. The van der Waals surface area contributed by atoms with Gasteiger partial charge in [0.1, 0.15) is 0 Å². The number of hydrogen-bond acceptors (Lipinski definition) is 4. The summed E-state index contributed by atoms with van der Waals surface area (Å²) >= 11 is 0. The fourth-order valence-corrected chi connectivity index (χ4v) is 3.04. The van der Waals surface area contributed by atoms with Crippen LogP contribution in [0.15, 0.2) is 36.5 Å². The fourth-order valence-electron chi connectivity index (χ4n) is 3.04. The molecule has 0 spiro atoms. The summed E-state index contributed by atoms with van der Waals surface area (Å²) in [6.45, 7) is 3.56. The van der Waals surface area contributed by atoms with E-state index in [1.165, 1.54) is 5.56 Å². The lowest BCUT2D eigenvalue weighted by atomic mass is 10.2. The molecule has 0 aliphatic carbocycles. The Balaban J connectivity index is 1.52. The van der Waals surface area contributed by atoms with Crippen LogP contribution < -0.4 is 0 Å². The first-order valence-corrected chi connectivity index (χ1v) is 6.67.